The molecule has 2 heterocycles. The highest BCUT2D eigenvalue weighted by atomic mass is 35.5. The highest BCUT2D eigenvalue weighted by molar-refractivity contribution is 7.89. The van der Waals surface area contributed by atoms with E-state index in [0.29, 0.717) is 37.2 Å². The standard InChI is InChI=1S/C24H24ClFN4O4S/c1-14-10-22(31)19(25)11-20(14)29-21-12-23(35(27,33)34)28-13-18(21)24(32)30-8-6-16(7-9-30)15-2-4-17(26)5-3-15/h2-5,10-13,16,31H,6-9H2,1H3,(H,28,29)(H2,27,33,34). The number of nitrogens with one attached hydrogen (secondary N) is 1. The van der Waals surface area contributed by atoms with Crippen molar-refractivity contribution in [1.82, 2.24) is 9.88 Å². The molecule has 1 saturated heterocycles. The lowest BCUT2D eigenvalue weighted by atomic mass is 9.89. The molecule has 1 amide bonds. The number of aromatic nitrogens is 1. The number of sulfonamides is 1. The Morgan fingerprint density at radius 2 is 1.83 bits per heavy atom. The number of pyridine rings is 1. The molecule has 184 valence electrons. The lowest BCUT2D eigenvalue weighted by Gasteiger charge is -2.32. The van der Waals surface area contributed by atoms with Crippen molar-refractivity contribution in [3.05, 3.63) is 76.2 Å². The summed E-state index contributed by atoms with van der Waals surface area (Å²) in [6.07, 6.45) is 2.60. The Hall–Kier alpha value is -3.21. The van der Waals surface area contributed by atoms with E-state index in [-0.39, 0.29) is 39.7 Å². The molecular formula is C24H24ClFN4O4S. The van der Waals surface area contributed by atoms with Gasteiger partial charge in [-0.2, -0.15) is 0 Å². The van der Waals surface area contributed by atoms with Crippen LogP contribution in [-0.2, 0) is 10.0 Å². The second-order valence-corrected chi connectivity index (χ2v) is 10.4. The van der Waals surface area contributed by atoms with Gasteiger partial charge in [0.25, 0.3) is 15.9 Å². The van der Waals surface area contributed by atoms with Crippen LogP contribution in [0.4, 0.5) is 15.8 Å². The molecule has 11 heteroatoms. The summed E-state index contributed by atoms with van der Waals surface area (Å²) in [5, 5.41) is 17.8. The number of carbonyl (C=O) groups excluding carboxylic acids is 1. The predicted molar refractivity (Wildman–Crippen MR) is 131 cm³/mol. The third-order valence-corrected chi connectivity index (χ3v) is 7.20. The Morgan fingerprint density at radius 3 is 2.46 bits per heavy atom. The number of halogens is 2. The maximum Gasteiger partial charge on any atom is 0.257 e. The van der Waals surface area contributed by atoms with Crippen molar-refractivity contribution in [1.29, 1.82) is 0 Å². The van der Waals surface area contributed by atoms with Crippen LogP contribution in [0.2, 0.25) is 5.02 Å². The molecule has 1 aliphatic rings. The fourth-order valence-corrected chi connectivity index (χ4v) is 4.78. The van der Waals surface area contributed by atoms with Crippen molar-refractivity contribution in [2.75, 3.05) is 18.4 Å². The third kappa shape index (κ3) is 5.55. The number of anilines is 2. The minimum absolute atomic E-state index is 0.0922. The van der Waals surface area contributed by atoms with Crippen molar-refractivity contribution >= 4 is 38.9 Å². The number of hydrogen-bond donors (Lipinski definition) is 3. The van der Waals surface area contributed by atoms with E-state index in [1.54, 1.807) is 24.0 Å². The summed E-state index contributed by atoms with van der Waals surface area (Å²) in [5.41, 5.74) is 2.49. The summed E-state index contributed by atoms with van der Waals surface area (Å²) in [7, 11) is -4.12. The molecule has 0 unspecified atom stereocenters. The molecule has 4 rings (SSSR count). The molecule has 2 aromatic carbocycles. The van der Waals surface area contributed by atoms with E-state index in [2.05, 4.69) is 10.3 Å². The minimum Gasteiger partial charge on any atom is -0.506 e. The van der Waals surface area contributed by atoms with Gasteiger partial charge in [0.05, 0.1) is 16.3 Å². The number of benzene rings is 2. The van der Waals surface area contributed by atoms with E-state index < -0.39 is 15.0 Å². The van der Waals surface area contributed by atoms with Crippen LogP contribution in [-0.4, -0.2) is 42.4 Å². The molecule has 0 aliphatic carbocycles. The second-order valence-electron chi connectivity index (χ2n) is 8.47. The topological polar surface area (TPSA) is 126 Å². The molecule has 4 N–H and O–H groups in total. The molecule has 1 fully saturated rings. The summed E-state index contributed by atoms with van der Waals surface area (Å²) < 4.78 is 37.0. The summed E-state index contributed by atoms with van der Waals surface area (Å²) >= 11 is 6.04. The van der Waals surface area contributed by atoms with Gasteiger partial charge in [0.15, 0.2) is 5.03 Å². The Labute approximate surface area is 207 Å². The smallest absolute Gasteiger partial charge is 0.257 e. The second kappa shape index (κ2) is 9.80. The number of hydrogen-bond acceptors (Lipinski definition) is 6. The van der Waals surface area contributed by atoms with Crippen LogP contribution in [0.3, 0.4) is 0 Å². The van der Waals surface area contributed by atoms with Gasteiger partial charge in [-0.15, -0.1) is 0 Å². The zero-order valence-corrected chi connectivity index (χ0v) is 20.4. The van der Waals surface area contributed by atoms with Crippen LogP contribution >= 0.6 is 11.6 Å². The van der Waals surface area contributed by atoms with Crippen LogP contribution < -0.4 is 10.5 Å². The van der Waals surface area contributed by atoms with Gasteiger partial charge in [-0.05, 0) is 61.1 Å². The van der Waals surface area contributed by atoms with E-state index >= 15 is 0 Å². The minimum atomic E-state index is -4.12. The number of carbonyl (C=O) groups is 1. The quantitative estimate of drug-likeness (QED) is 0.432. The van der Waals surface area contributed by atoms with Gasteiger partial charge >= 0.3 is 0 Å². The maximum absolute atomic E-state index is 13.4. The van der Waals surface area contributed by atoms with E-state index in [0.717, 1.165) is 5.56 Å². The molecule has 0 saturated carbocycles. The van der Waals surface area contributed by atoms with Gasteiger partial charge in [-0.1, -0.05) is 23.7 Å². The first-order chi connectivity index (χ1) is 16.5. The third-order valence-electron chi connectivity index (χ3n) is 6.09. The number of nitrogens with zero attached hydrogens (tertiary/aromatic N) is 2. The number of rotatable bonds is 5. The zero-order valence-electron chi connectivity index (χ0n) is 18.8. The molecule has 0 radical (unpaired) electrons. The molecular weight excluding hydrogens is 495 g/mol. The Balaban J connectivity index is 1.60. The lowest BCUT2D eigenvalue weighted by molar-refractivity contribution is 0.0713. The monoisotopic (exact) mass is 518 g/mol. The molecule has 0 bridgehead atoms. The fraction of sp³-hybridized carbons (Fsp3) is 0.250. The van der Waals surface area contributed by atoms with Crippen LogP contribution in [0.15, 0.2) is 53.7 Å². The largest absolute Gasteiger partial charge is 0.506 e. The van der Waals surface area contributed by atoms with Crippen molar-refractivity contribution < 1.29 is 22.7 Å². The highest BCUT2D eigenvalue weighted by Gasteiger charge is 2.27. The Kier molecular flexibility index (Phi) is 6.98. The van der Waals surface area contributed by atoms with Gasteiger partial charge in [0.1, 0.15) is 11.6 Å². The van der Waals surface area contributed by atoms with Gasteiger partial charge in [-0.3, -0.25) is 4.79 Å². The predicted octanol–water partition coefficient (Wildman–Crippen LogP) is 4.30. The Morgan fingerprint density at radius 1 is 1.17 bits per heavy atom. The molecule has 0 spiro atoms. The number of piperidine rings is 1. The van der Waals surface area contributed by atoms with E-state index in [4.69, 9.17) is 16.7 Å². The summed E-state index contributed by atoms with van der Waals surface area (Å²) in [5.74, 6) is -0.500. The number of likely N-dealkylation sites (tertiary alicyclic amines) is 1. The molecule has 8 nitrogen and oxygen atoms in total. The first-order valence-corrected chi connectivity index (χ1v) is 12.8. The van der Waals surface area contributed by atoms with E-state index in [9.17, 15) is 22.7 Å². The van der Waals surface area contributed by atoms with Crippen LogP contribution in [0.5, 0.6) is 5.75 Å². The van der Waals surface area contributed by atoms with Crippen LogP contribution in [0.25, 0.3) is 0 Å². The maximum atomic E-state index is 13.4. The average molecular weight is 519 g/mol. The Bertz CT molecular complexity index is 1380. The molecule has 35 heavy (non-hydrogen) atoms. The summed E-state index contributed by atoms with van der Waals surface area (Å²) in [6, 6.07) is 10.5. The zero-order chi connectivity index (χ0) is 25.3. The van der Waals surface area contributed by atoms with Crippen molar-refractivity contribution in [2.24, 2.45) is 5.14 Å². The summed E-state index contributed by atoms with van der Waals surface area (Å²) in [6.45, 7) is 2.67. The van der Waals surface area contributed by atoms with Gasteiger partial charge in [0.2, 0.25) is 0 Å². The highest BCUT2D eigenvalue weighted by Crippen LogP contribution is 2.34. The average Bonchev–Trinajstić information content (AvgIpc) is 2.82. The SMILES string of the molecule is Cc1cc(O)c(Cl)cc1Nc1cc(S(N)(=O)=O)ncc1C(=O)N1CCC(c2ccc(F)cc2)CC1. The fourth-order valence-electron chi connectivity index (χ4n) is 4.13. The van der Waals surface area contributed by atoms with Crippen LogP contribution in [0.1, 0.15) is 40.2 Å². The first-order valence-electron chi connectivity index (χ1n) is 10.9. The molecule has 1 aromatic heterocycles. The van der Waals surface area contributed by atoms with E-state index in [1.807, 2.05) is 0 Å². The number of aromatic hydroxyl groups is 1. The number of aryl methyl sites for hydroxylation is 1. The molecule has 1 aliphatic heterocycles. The number of phenols is 1. The number of primary sulfonamides is 1. The molecule has 0 atom stereocenters. The van der Waals surface area contributed by atoms with Crippen LogP contribution in [0, 0.1) is 12.7 Å². The van der Waals surface area contributed by atoms with Crippen molar-refractivity contribution in [3.63, 3.8) is 0 Å². The van der Waals surface area contributed by atoms with Gasteiger partial charge in [0, 0.05) is 31.0 Å². The first kappa shape index (κ1) is 24.9. The number of nitrogens with two attached hydrogens (primary N) is 1. The number of amides is 1. The van der Waals surface area contributed by atoms with Gasteiger partial charge < -0.3 is 15.3 Å². The summed E-state index contributed by atoms with van der Waals surface area (Å²) in [4.78, 5) is 19.0. The molecule has 3 aromatic rings. The lowest BCUT2D eigenvalue weighted by Crippen LogP contribution is -2.38. The van der Waals surface area contributed by atoms with Gasteiger partial charge in [-0.25, -0.2) is 22.9 Å². The normalized spacial score (nSPS) is 14.7. The number of phenolic OH excluding ortho intramolecular Hbond substituents is 1. The van der Waals surface area contributed by atoms with E-state index in [1.165, 1.54) is 36.5 Å². The van der Waals surface area contributed by atoms with Crippen molar-refractivity contribution in [3.8, 4) is 5.75 Å². The van der Waals surface area contributed by atoms with Crippen molar-refractivity contribution in [2.45, 2.75) is 30.7 Å².